The number of hydrogen-bond donors (Lipinski definition) is 1. The molecule has 1 aliphatic heterocycles. The molecule has 1 fully saturated rings. The van der Waals surface area contributed by atoms with Gasteiger partial charge in [-0.1, -0.05) is 37.3 Å². The summed E-state index contributed by atoms with van der Waals surface area (Å²) in [4.78, 5) is 13.9. The molecule has 1 unspecified atom stereocenters. The molecule has 0 saturated carbocycles. The van der Waals surface area contributed by atoms with E-state index in [-0.39, 0.29) is 12.1 Å². The highest BCUT2D eigenvalue weighted by Gasteiger charge is 2.22. The molecule has 1 atom stereocenters. The van der Waals surface area contributed by atoms with Gasteiger partial charge in [-0.2, -0.15) is 0 Å². The van der Waals surface area contributed by atoms with Gasteiger partial charge in [-0.3, -0.25) is 0 Å². The summed E-state index contributed by atoms with van der Waals surface area (Å²) in [6.45, 7) is 5.49. The molecular weight excluding hydrogens is 228 g/mol. The number of ether oxygens (including phenoxy) is 1. The fraction of sp³-hybridized carbons (Fsp3) is 0.500. The van der Waals surface area contributed by atoms with Gasteiger partial charge >= 0.3 is 6.09 Å². The average Bonchev–Trinajstić information content (AvgIpc) is 2.85. The van der Waals surface area contributed by atoms with Gasteiger partial charge in [0.05, 0.1) is 0 Å². The van der Waals surface area contributed by atoms with E-state index in [2.05, 4.69) is 17.1 Å². The predicted molar refractivity (Wildman–Crippen MR) is 70.3 cm³/mol. The van der Waals surface area contributed by atoms with Gasteiger partial charge in [-0.25, -0.2) is 4.79 Å². The van der Waals surface area contributed by atoms with E-state index in [9.17, 15) is 4.79 Å². The predicted octanol–water partition coefficient (Wildman–Crippen LogP) is 2.01. The van der Waals surface area contributed by atoms with E-state index >= 15 is 0 Å². The Hall–Kier alpha value is -1.55. The Morgan fingerprint density at radius 3 is 2.89 bits per heavy atom. The molecule has 98 valence electrons. The molecule has 1 heterocycles. The molecule has 0 bridgehead atoms. The highest BCUT2D eigenvalue weighted by Crippen LogP contribution is 2.08. The number of carbonyl (C=O) groups excluding carboxylic acids is 1. The molecular formula is C14H20N2O2. The lowest BCUT2D eigenvalue weighted by molar-refractivity contribution is 0.135. The van der Waals surface area contributed by atoms with Gasteiger partial charge in [-0.15, -0.1) is 0 Å². The van der Waals surface area contributed by atoms with Crippen LogP contribution < -0.4 is 5.32 Å². The molecule has 1 aromatic rings. The molecule has 1 N–H and O–H groups in total. The van der Waals surface area contributed by atoms with Gasteiger partial charge < -0.3 is 15.0 Å². The van der Waals surface area contributed by atoms with Crippen molar-refractivity contribution in [2.75, 3.05) is 19.6 Å². The topological polar surface area (TPSA) is 41.6 Å². The molecule has 1 saturated heterocycles. The maximum atomic E-state index is 11.6. The first kappa shape index (κ1) is 12.9. The average molecular weight is 248 g/mol. The Labute approximate surface area is 108 Å². The van der Waals surface area contributed by atoms with Crippen LogP contribution in [-0.4, -0.2) is 36.7 Å². The second-order valence-electron chi connectivity index (χ2n) is 4.58. The van der Waals surface area contributed by atoms with Crippen molar-refractivity contribution in [3.05, 3.63) is 35.9 Å². The van der Waals surface area contributed by atoms with Gasteiger partial charge in [-0.05, 0) is 18.5 Å². The van der Waals surface area contributed by atoms with Crippen molar-refractivity contribution in [1.82, 2.24) is 10.2 Å². The first-order valence-corrected chi connectivity index (χ1v) is 6.47. The normalized spacial score (nSPS) is 19.7. The third-order valence-corrected chi connectivity index (χ3v) is 3.25. The molecule has 1 aliphatic rings. The fourth-order valence-corrected chi connectivity index (χ4v) is 2.17. The van der Waals surface area contributed by atoms with Gasteiger partial charge in [0.25, 0.3) is 0 Å². The van der Waals surface area contributed by atoms with E-state index in [0.717, 1.165) is 31.6 Å². The Bertz CT molecular complexity index is 381. The maximum Gasteiger partial charge on any atom is 0.407 e. The van der Waals surface area contributed by atoms with Crippen molar-refractivity contribution in [3.63, 3.8) is 0 Å². The third kappa shape index (κ3) is 3.74. The van der Waals surface area contributed by atoms with E-state index in [1.807, 2.05) is 30.3 Å². The number of carbonyl (C=O) groups is 1. The number of likely N-dealkylation sites (N-methyl/N-ethyl adjacent to an activating group) is 1. The zero-order valence-corrected chi connectivity index (χ0v) is 10.8. The summed E-state index contributed by atoms with van der Waals surface area (Å²) in [6, 6.07) is 9.94. The van der Waals surface area contributed by atoms with Crippen molar-refractivity contribution in [2.45, 2.75) is 26.0 Å². The lowest BCUT2D eigenvalue weighted by atomic mass is 10.2. The van der Waals surface area contributed by atoms with Crippen molar-refractivity contribution < 1.29 is 9.53 Å². The van der Waals surface area contributed by atoms with Crippen LogP contribution in [0.1, 0.15) is 18.9 Å². The highest BCUT2D eigenvalue weighted by molar-refractivity contribution is 5.67. The van der Waals surface area contributed by atoms with Crippen LogP contribution in [0.5, 0.6) is 0 Å². The van der Waals surface area contributed by atoms with E-state index in [1.165, 1.54) is 0 Å². The summed E-state index contributed by atoms with van der Waals surface area (Å²) in [5.74, 6) is 0. The smallest absolute Gasteiger partial charge is 0.407 e. The lowest BCUT2D eigenvalue weighted by Gasteiger charge is -2.14. The van der Waals surface area contributed by atoms with Crippen molar-refractivity contribution >= 4 is 6.09 Å². The van der Waals surface area contributed by atoms with E-state index < -0.39 is 0 Å². The zero-order valence-electron chi connectivity index (χ0n) is 10.8. The number of benzene rings is 1. The van der Waals surface area contributed by atoms with E-state index in [4.69, 9.17) is 4.74 Å². The molecule has 1 amide bonds. The van der Waals surface area contributed by atoms with Crippen LogP contribution in [0.2, 0.25) is 0 Å². The van der Waals surface area contributed by atoms with Crippen molar-refractivity contribution in [3.8, 4) is 0 Å². The molecule has 18 heavy (non-hydrogen) atoms. The SMILES string of the molecule is CCN1CCC(NC(=O)OCc2ccccc2)C1. The molecule has 1 aromatic carbocycles. The highest BCUT2D eigenvalue weighted by atomic mass is 16.5. The van der Waals surface area contributed by atoms with Gasteiger partial charge in [0.2, 0.25) is 0 Å². The molecule has 0 aromatic heterocycles. The second kappa shape index (κ2) is 6.40. The van der Waals surface area contributed by atoms with Crippen LogP contribution in [0.4, 0.5) is 4.79 Å². The van der Waals surface area contributed by atoms with E-state index in [1.54, 1.807) is 0 Å². The number of likely N-dealkylation sites (tertiary alicyclic amines) is 1. The number of alkyl carbamates (subject to hydrolysis) is 1. The molecule has 4 nitrogen and oxygen atoms in total. The second-order valence-corrected chi connectivity index (χ2v) is 4.58. The number of nitrogens with one attached hydrogen (secondary N) is 1. The molecule has 0 radical (unpaired) electrons. The third-order valence-electron chi connectivity index (χ3n) is 3.25. The fourth-order valence-electron chi connectivity index (χ4n) is 2.17. The monoisotopic (exact) mass is 248 g/mol. The molecule has 4 heteroatoms. The minimum atomic E-state index is -0.318. The number of amides is 1. The minimum Gasteiger partial charge on any atom is -0.445 e. The minimum absolute atomic E-state index is 0.230. The Morgan fingerprint density at radius 1 is 1.44 bits per heavy atom. The summed E-state index contributed by atoms with van der Waals surface area (Å²) in [6.07, 6.45) is 0.690. The van der Waals surface area contributed by atoms with Crippen LogP contribution in [0.3, 0.4) is 0 Å². The summed E-state index contributed by atoms with van der Waals surface area (Å²) >= 11 is 0. The van der Waals surface area contributed by atoms with Gasteiger partial charge in [0.1, 0.15) is 6.61 Å². The standard InChI is InChI=1S/C14H20N2O2/c1-2-16-9-8-13(10-16)15-14(17)18-11-12-6-4-3-5-7-12/h3-7,13H,2,8-11H2,1H3,(H,15,17). The van der Waals surface area contributed by atoms with Crippen LogP contribution in [0.15, 0.2) is 30.3 Å². The molecule has 0 aliphatic carbocycles. The quantitative estimate of drug-likeness (QED) is 0.886. The Balaban J connectivity index is 1.70. The number of nitrogens with zero attached hydrogens (tertiary/aromatic N) is 1. The van der Waals surface area contributed by atoms with Crippen molar-refractivity contribution in [2.24, 2.45) is 0 Å². The lowest BCUT2D eigenvalue weighted by Crippen LogP contribution is -2.37. The van der Waals surface area contributed by atoms with E-state index in [0.29, 0.717) is 6.61 Å². The number of hydrogen-bond acceptors (Lipinski definition) is 3. The molecule has 0 spiro atoms. The zero-order chi connectivity index (χ0) is 12.8. The molecule has 2 rings (SSSR count). The van der Waals surface area contributed by atoms with Gasteiger partial charge in [0.15, 0.2) is 0 Å². The van der Waals surface area contributed by atoms with Crippen LogP contribution in [-0.2, 0) is 11.3 Å². The summed E-state index contributed by atoms with van der Waals surface area (Å²) in [5.41, 5.74) is 1.01. The van der Waals surface area contributed by atoms with Crippen LogP contribution in [0.25, 0.3) is 0 Å². The summed E-state index contributed by atoms with van der Waals surface area (Å²) in [5, 5.41) is 2.91. The van der Waals surface area contributed by atoms with Crippen LogP contribution in [0, 0.1) is 0 Å². The van der Waals surface area contributed by atoms with Gasteiger partial charge in [0, 0.05) is 19.1 Å². The summed E-state index contributed by atoms with van der Waals surface area (Å²) in [7, 11) is 0. The maximum absolute atomic E-state index is 11.6. The number of rotatable bonds is 4. The largest absolute Gasteiger partial charge is 0.445 e. The first-order valence-electron chi connectivity index (χ1n) is 6.47. The summed E-state index contributed by atoms with van der Waals surface area (Å²) < 4.78 is 5.19. The first-order chi connectivity index (χ1) is 8.78. The van der Waals surface area contributed by atoms with Crippen LogP contribution >= 0.6 is 0 Å². The Morgan fingerprint density at radius 2 is 2.22 bits per heavy atom. The Kier molecular flexibility index (Phi) is 4.59. The van der Waals surface area contributed by atoms with Crippen molar-refractivity contribution in [1.29, 1.82) is 0 Å².